The number of hydrogen-bond donors (Lipinski definition) is 0. The topological polar surface area (TPSA) is 44.1 Å². The van der Waals surface area contributed by atoms with Crippen molar-refractivity contribution in [2.75, 3.05) is 7.11 Å². The molecule has 6 heteroatoms. The van der Waals surface area contributed by atoms with E-state index in [0.29, 0.717) is 15.2 Å². The highest BCUT2D eigenvalue weighted by atomic mass is 35.5. The first-order chi connectivity index (χ1) is 12.6. The maximum absolute atomic E-state index is 13.0. The van der Waals surface area contributed by atoms with Gasteiger partial charge in [0.05, 0.1) is 18.3 Å². The Labute approximate surface area is 159 Å². The Bertz CT molecular complexity index is 1160. The number of thiophene rings is 1. The summed E-state index contributed by atoms with van der Waals surface area (Å²) >= 11 is 7.39. The van der Waals surface area contributed by atoms with Crippen LogP contribution in [0, 0.1) is 6.92 Å². The number of fused-ring (bicyclic) bond motifs is 1. The summed E-state index contributed by atoms with van der Waals surface area (Å²) in [6, 6.07) is 15.1. The number of benzene rings is 2. The molecule has 0 spiro atoms. The second-order valence-electron chi connectivity index (χ2n) is 5.91. The van der Waals surface area contributed by atoms with E-state index in [1.54, 1.807) is 18.0 Å². The third-order valence-electron chi connectivity index (χ3n) is 4.22. The average molecular weight is 383 g/mol. The summed E-state index contributed by atoms with van der Waals surface area (Å²) in [5.41, 5.74) is 3.37. The Morgan fingerprint density at radius 3 is 2.58 bits per heavy atom. The van der Waals surface area contributed by atoms with E-state index in [1.165, 1.54) is 11.3 Å². The molecule has 4 aromatic rings. The van der Waals surface area contributed by atoms with Gasteiger partial charge in [0.25, 0.3) is 5.56 Å². The summed E-state index contributed by atoms with van der Waals surface area (Å²) in [5.74, 6) is 0.789. The highest BCUT2D eigenvalue weighted by Gasteiger charge is 2.12. The molecule has 0 aliphatic heterocycles. The zero-order chi connectivity index (χ0) is 18.3. The molecule has 2 aromatic carbocycles. The number of halogens is 1. The molecule has 0 radical (unpaired) electrons. The monoisotopic (exact) mass is 382 g/mol. The first-order valence-electron chi connectivity index (χ1n) is 7.99. The average Bonchev–Trinajstić information content (AvgIpc) is 3.08. The van der Waals surface area contributed by atoms with Crippen molar-refractivity contribution in [2.45, 2.75) is 6.92 Å². The van der Waals surface area contributed by atoms with Crippen molar-refractivity contribution in [3.05, 3.63) is 75.8 Å². The molecule has 0 atom stereocenters. The molecule has 0 aliphatic rings. The first-order valence-corrected chi connectivity index (χ1v) is 9.18. The van der Waals surface area contributed by atoms with Crippen molar-refractivity contribution in [3.8, 4) is 21.9 Å². The van der Waals surface area contributed by atoms with Crippen LogP contribution >= 0.6 is 22.9 Å². The minimum atomic E-state index is -0.0789. The Morgan fingerprint density at radius 1 is 1.12 bits per heavy atom. The second kappa shape index (κ2) is 6.59. The van der Waals surface area contributed by atoms with E-state index >= 15 is 0 Å². The third kappa shape index (κ3) is 2.89. The molecule has 130 valence electrons. The molecule has 0 amide bonds. The van der Waals surface area contributed by atoms with Crippen molar-refractivity contribution in [1.82, 2.24) is 9.55 Å². The Morgan fingerprint density at radius 2 is 1.88 bits per heavy atom. The van der Waals surface area contributed by atoms with Gasteiger partial charge in [-0.1, -0.05) is 23.7 Å². The van der Waals surface area contributed by atoms with Crippen LogP contribution in [0.1, 0.15) is 5.56 Å². The van der Waals surface area contributed by atoms with Crippen LogP contribution < -0.4 is 10.3 Å². The molecular formula is C20H15ClN2O2S. The lowest BCUT2D eigenvalue weighted by Crippen LogP contribution is -2.17. The summed E-state index contributed by atoms with van der Waals surface area (Å²) in [5, 5.41) is 0.685. The third-order valence-corrected chi connectivity index (χ3v) is 5.64. The molecular weight excluding hydrogens is 368 g/mol. The molecule has 0 N–H and O–H groups in total. The van der Waals surface area contributed by atoms with Crippen LogP contribution in [0.3, 0.4) is 0 Å². The maximum Gasteiger partial charge on any atom is 0.275 e. The summed E-state index contributed by atoms with van der Waals surface area (Å²) in [6.45, 7) is 1.95. The van der Waals surface area contributed by atoms with Crippen LogP contribution in [-0.2, 0) is 0 Å². The SMILES string of the molecule is COc1ccc(-n2cnc3cc(-c4ccc(Cl)cc4)sc3c2=O)cc1C. The molecule has 0 bridgehead atoms. The van der Waals surface area contributed by atoms with Crippen LogP contribution in [0.15, 0.2) is 59.7 Å². The molecule has 2 aromatic heterocycles. The molecule has 0 saturated carbocycles. The van der Waals surface area contributed by atoms with Crippen molar-refractivity contribution >= 4 is 33.2 Å². The minimum absolute atomic E-state index is 0.0789. The van der Waals surface area contributed by atoms with Crippen molar-refractivity contribution < 1.29 is 4.74 Å². The van der Waals surface area contributed by atoms with Crippen LogP contribution in [0.25, 0.3) is 26.3 Å². The number of aryl methyl sites for hydroxylation is 1. The highest BCUT2D eigenvalue weighted by Crippen LogP contribution is 2.31. The van der Waals surface area contributed by atoms with Gasteiger partial charge in [-0.05, 0) is 54.4 Å². The van der Waals surface area contributed by atoms with Gasteiger partial charge in [0.15, 0.2) is 0 Å². The summed E-state index contributed by atoms with van der Waals surface area (Å²) in [4.78, 5) is 18.4. The predicted molar refractivity (Wildman–Crippen MR) is 107 cm³/mol. The van der Waals surface area contributed by atoms with Crippen molar-refractivity contribution in [1.29, 1.82) is 0 Å². The summed E-state index contributed by atoms with van der Waals surface area (Å²) < 4.78 is 7.48. The summed E-state index contributed by atoms with van der Waals surface area (Å²) in [7, 11) is 1.63. The quantitative estimate of drug-likeness (QED) is 0.496. The lowest BCUT2D eigenvalue weighted by Gasteiger charge is -2.09. The molecule has 4 nitrogen and oxygen atoms in total. The number of methoxy groups -OCH3 is 1. The number of hydrogen-bond acceptors (Lipinski definition) is 4. The number of ether oxygens (including phenoxy) is 1. The second-order valence-corrected chi connectivity index (χ2v) is 7.39. The first kappa shape index (κ1) is 16.8. The number of rotatable bonds is 3. The van der Waals surface area contributed by atoms with Crippen LogP contribution in [0.4, 0.5) is 0 Å². The number of aromatic nitrogens is 2. The standard InChI is InChI=1S/C20H15ClN2O2S/c1-12-9-15(7-8-17(12)25-2)23-11-22-16-10-18(26-19(16)20(23)24)13-3-5-14(21)6-4-13/h3-11H,1-2H3. The van der Waals surface area contributed by atoms with E-state index in [2.05, 4.69) is 4.98 Å². The Hall–Kier alpha value is -2.63. The van der Waals surface area contributed by atoms with E-state index in [0.717, 1.165) is 27.4 Å². The molecule has 0 fully saturated rings. The van der Waals surface area contributed by atoms with Gasteiger partial charge < -0.3 is 4.74 Å². The van der Waals surface area contributed by atoms with Crippen molar-refractivity contribution in [3.63, 3.8) is 0 Å². The van der Waals surface area contributed by atoms with E-state index < -0.39 is 0 Å². The van der Waals surface area contributed by atoms with Crippen LogP contribution in [0.5, 0.6) is 5.75 Å². The van der Waals surface area contributed by atoms with E-state index in [9.17, 15) is 4.79 Å². The van der Waals surface area contributed by atoms with E-state index in [4.69, 9.17) is 16.3 Å². The molecule has 0 unspecified atom stereocenters. The summed E-state index contributed by atoms with van der Waals surface area (Å²) in [6.07, 6.45) is 1.57. The van der Waals surface area contributed by atoms with Gasteiger partial charge in [-0.3, -0.25) is 9.36 Å². The molecule has 0 saturated heterocycles. The van der Waals surface area contributed by atoms with Gasteiger partial charge in [0.1, 0.15) is 16.8 Å². The normalized spacial score (nSPS) is 11.0. The molecule has 0 aliphatic carbocycles. The minimum Gasteiger partial charge on any atom is -0.496 e. The zero-order valence-electron chi connectivity index (χ0n) is 14.2. The van der Waals surface area contributed by atoms with Gasteiger partial charge in [-0.25, -0.2) is 4.98 Å². The van der Waals surface area contributed by atoms with Gasteiger partial charge in [0.2, 0.25) is 0 Å². The lowest BCUT2D eigenvalue weighted by atomic mass is 10.2. The zero-order valence-corrected chi connectivity index (χ0v) is 15.8. The highest BCUT2D eigenvalue weighted by molar-refractivity contribution is 7.22. The Balaban J connectivity index is 1.83. The van der Waals surface area contributed by atoms with Gasteiger partial charge >= 0.3 is 0 Å². The lowest BCUT2D eigenvalue weighted by molar-refractivity contribution is 0.411. The van der Waals surface area contributed by atoms with Gasteiger partial charge in [-0.15, -0.1) is 11.3 Å². The van der Waals surface area contributed by atoms with Crippen LogP contribution in [0.2, 0.25) is 5.02 Å². The smallest absolute Gasteiger partial charge is 0.275 e. The maximum atomic E-state index is 13.0. The van der Waals surface area contributed by atoms with Gasteiger partial charge in [-0.2, -0.15) is 0 Å². The molecule has 4 rings (SSSR count). The predicted octanol–water partition coefficient (Wildman–Crippen LogP) is 5.08. The van der Waals surface area contributed by atoms with E-state index in [-0.39, 0.29) is 5.56 Å². The fourth-order valence-electron chi connectivity index (χ4n) is 2.87. The Kier molecular flexibility index (Phi) is 4.26. The van der Waals surface area contributed by atoms with Gasteiger partial charge in [0, 0.05) is 9.90 Å². The largest absolute Gasteiger partial charge is 0.496 e. The molecule has 26 heavy (non-hydrogen) atoms. The van der Waals surface area contributed by atoms with E-state index in [1.807, 2.05) is 55.5 Å². The van der Waals surface area contributed by atoms with Crippen LogP contribution in [-0.4, -0.2) is 16.7 Å². The number of nitrogens with zero attached hydrogens (tertiary/aromatic N) is 2. The fraction of sp³-hybridized carbons (Fsp3) is 0.100. The fourth-order valence-corrected chi connectivity index (χ4v) is 4.04. The van der Waals surface area contributed by atoms with Crippen molar-refractivity contribution in [2.24, 2.45) is 0 Å². The molecule has 2 heterocycles.